The van der Waals surface area contributed by atoms with E-state index in [1.165, 1.54) is 6.07 Å². The van der Waals surface area contributed by atoms with Gasteiger partial charge < -0.3 is 15.2 Å². The van der Waals surface area contributed by atoms with Crippen LogP contribution in [0, 0.1) is 5.82 Å². The van der Waals surface area contributed by atoms with Gasteiger partial charge in [0.25, 0.3) is 0 Å². The van der Waals surface area contributed by atoms with Crippen molar-refractivity contribution in [1.82, 2.24) is 5.32 Å². The predicted molar refractivity (Wildman–Crippen MR) is 68.6 cm³/mol. The van der Waals surface area contributed by atoms with Crippen LogP contribution in [0.25, 0.3) is 0 Å². The maximum Gasteiger partial charge on any atom is 0.126 e. The molecular formula is C12H17BrFNO2. The third kappa shape index (κ3) is 5.59. The summed E-state index contributed by atoms with van der Waals surface area (Å²) in [5, 5.41) is 12.8. The number of nitrogens with one attached hydrogen (secondary N) is 1. The van der Waals surface area contributed by atoms with E-state index >= 15 is 0 Å². The molecule has 0 fully saturated rings. The second-order valence-corrected chi connectivity index (χ2v) is 4.71. The summed E-state index contributed by atoms with van der Waals surface area (Å²) in [4.78, 5) is 0. The Morgan fingerprint density at radius 2 is 2.29 bits per heavy atom. The van der Waals surface area contributed by atoms with Crippen LogP contribution >= 0.6 is 15.9 Å². The van der Waals surface area contributed by atoms with Crippen molar-refractivity contribution in [2.24, 2.45) is 0 Å². The van der Waals surface area contributed by atoms with Gasteiger partial charge in [0.1, 0.15) is 5.82 Å². The van der Waals surface area contributed by atoms with Crippen molar-refractivity contribution in [3.63, 3.8) is 0 Å². The summed E-state index contributed by atoms with van der Waals surface area (Å²) in [5.41, 5.74) is 0.514. The number of ether oxygens (including phenoxy) is 1. The van der Waals surface area contributed by atoms with E-state index in [0.29, 0.717) is 31.7 Å². The molecule has 0 radical (unpaired) electrons. The van der Waals surface area contributed by atoms with Crippen LogP contribution in [0.2, 0.25) is 0 Å². The Kier molecular flexibility index (Phi) is 6.65. The first-order chi connectivity index (χ1) is 8.13. The molecule has 0 aliphatic heterocycles. The summed E-state index contributed by atoms with van der Waals surface area (Å²) in [7, 11) is 1.62. The zero-order chi connectivity index (χ0) is 12.7. The highest BCUT2D eigenvalue weighted by Crippen LogP contribution is 2.16. The largest absolute Gasteiger partial charge is 0.391 e. The maximum atomic E-state index is 13.4. The van der Waals surface area contributed by atoms with E-state index in [4.69, 9.17) is 4.74 Å². The second kappa shape index (κ2) is 7.76. The van der Waals surface area contributed by atoms with E-state index in [1.54, 1.807) is 19.2 Å². The number of hydrogen-bond acceptors (Lipinski definition) is 3. The molecule has 2 N–H and O–H groups in total. The lowest BCUT2D eigenvalue weighted by Gasteiger charge is -2.12. The van der Waals surface area contributed by atoms with E-state index in [-0.39, 0.29) is 5.82 Å². The standard InChI is InChI=1S/C12H17BrFNO2/c1-17-5-4-15-8-11(16)7-9-6-10(13)2-3-12(9)14/h2-3,6,11,15-16H,4-5,7-8H2,1H3. The maximum absolute atomic E-state index is 13.4. The van der Waals surface area contributed by atoms with E-state index in [2.05, 4.69) is 21.2 Å². The van der Waals surface area contributed by atoms with Crippen molar-refractivity contribution in [2.75, 3.05) is 26.8 Å². The number of aliphatic hydroxyl groups excluding tert-OH is 1. The van der Waals surface area contributed by atoms with E-state index in [1.807, 2.05) is 0 Å². The first kappa shape index (κ1) is 14.6. The summed E-state index contributed by atoms with van der Waals surface area (Å²) >= 11 is 3.28. The lowest BCUT2D eigenvalue weighted by atomic mass is 10.1. The summed E-state index contributed by atoms with van der Waals surface area (Å²) in [5.74, 6) is -0.288. The third-order valence-corrected chi connectivity index (χ3v) is 2.82. The Labute approximate surface area is 109 Å². The molecule has 0 spiro atoms. The average molecular weight is 306 g/mol. The molecule has 1 aromatic carbocycles. The smallest absolute Gasteiger partial charge is 0.126 e. The molecule has 1 aromatic rings. The Morgan fingerprint density at radius 1 is 1.53 bits per heavy atom. The molecule has 1 atom stereocenters. The van der Waals surface area contributed by atoms with Gasteiger partial charge in [0.2, 0.25) is 0 Å². The monoisotopic (exact) mass is 305 g/mol. The lowest BCUT2D eigenvalue weighted by Crippen LogP contribution is -2.30. The van der Waals surface area contributed by atoms with Gasteiger partial charge in [0, 0.05) is 31.1 Å². The molecule has 17 heavy (non-hydrogen) atoms. The van der Waals surface area contributed by atoms with Gasteiger partial charge in [-0.05, 0) is 23.8 Å². The normalized spacial score (nSPS) is 12.7. The molecule has 0 amide bonds. The van der Waals surface area contributed by atoms with Gasteiger partial charge in [0.15, 0.2) is 0 Å². The molecule has 1 rings (SSSR count). The highest BCUT2D eigenvalue weighted by atomic mass is 79.9. The number of hydrogen-bond donors (Lipinski definition) is 2. The zero-order valence-corrected chi connectivity index (χ0v) is 11.3. The van der Waals surface area contributed by atoms with Gasteiger partial charge in [-0.25, -0.2) is 4.39 Å². The van der Waals surface area contributed by atoms with Crippen molar-refractivity contribution in [2.45, 2.75) is 12.5 Å². The van der Waals surface area contributed by atoms with Crippen molar-refractivity contribution in [3.8, 4) is 0 Å². The minimum Gasteiger partial charge on any atom is -0.391 e. The van der Waals surface area contributed by atoms with Crippen molar-refractivity contribution < 1.29 is 14.2 Å². The molecule has 3 nitrogen and oxygen atoms in total. The van der Waals surface area contributed by atoms with Crippen LogP contribution in [-0.4, -0.2) is 38.0 Å². The van der Waals surface area contributed by atoms with Crippen LogP contribution < -0.4 is 5.32 Å². The average Bonchev–Trinajstić information content (AvgIpc) is 2.29. The van der Waals surface area contributed by atoms with Crippen LogP contribution in [-0.2, 0) is 11.2 Å². The topological polar surface area (TPSA) is 41.5 Å². The lowest BCUT2D eigenvalue weighted by molar-refractivity contribution is 0.159. The van der Waals surface area contributed by atoms with Gasteiger partial charge in [-0.2, -0.15) is 0 Å². The first-order valence-electron chi connectivity index (χ1n) is 5.45. The first-order valence-corrected chi connectivity index (χ1v) is 6.24. The number of methoxy groups -OCH3 is 1. The highest BCUT2D eigenvalue weighted by Gasteiger charge is 2.09. The summed E-state index contributed by atoms with van der Waals surface area (Å²) in [6.07, 6.45) is -0.304. The number of aliphatic hydroxyl groups is 1. The van der Waals surface area contributed by atoms with Crippen molar-refractivity contribution >= 4 is 15.9 Å². The number of rotatable bonds is 7. The summed E-state index contributed by atoms with van der Waals surface area (Å²) < 4.78 is 19.1. The molecule has 0 aliphatic carbocycles. The van der Waals surface area contributed by atoms with Crippen molar-refractivity contribution in [1.29, 1.82) is 0 Å². The van der Waals surface area contributed by atoms with Gasteiger partial charge in [-0.3, -0.25) is 0 Å². The molecule has 0 aromatic heterocycles. The molecule has 0 heterocycles. The van der Waals surface area contributed by atoms with Crippen LogP contribution in [0.4, 0.5) is 4.39 Å². The molecule has 5 heteroatoms. The molecule has 0 saturated heterocycles. The fraction of sp³-hybridized carbons (Fsp3) is 0.500. The fourth-order valence-corrected chi connectivity index (χ4v) is 1.88. The molecule has 0 aliphatic rings. The predicted octanol–water partition coefficient (Wildman–Crippen LogP) is 1.73. The SMILES string of the molecule is COCCNCC(O)Cc1cc(Br)ccc1F. The van der Waals surface area contributed by atoms with E-state index < -0.39 is 6.10 Å². The van der Waals surface area contributed by atoms with E-state index in [9.17, 15) is 9.50 Å². The molecule has 96 valence electrons. The second-order valence-electron chi connectivity index (χ2n) is 3.79. The number of halogens is 2. The minimum atomic E-state index is -0.601. The third-order valence-electron chi connectivity index (χ3n) is 2.33. The molecule has 0 saturated carbocycles. The number of benzene rings is 1. The van der Waals surface area contributed by atoms with Crippen LogP contribution in [0.15, 0.2) is 22.7 Å². The zero-order valence-electron chi connectivity index (χ0n) is 9.75. The highest BCUT2D eigenvalue weighted by molar-refractivity contribution is 9.10. The van der Waals surface area contributed by atoms with E-state index in [0.717, 1.165) is 4.47 Å². The van der Waals surface area contributed by atoms with Crippen LogP contribution in [0.3, 0.4) is 0 Å². The Bertz CT molecular complexity index is 349. The van der Waals surface area contributed by atoms with Crippen LogP contribution in [0.5, 0.6) is 0 Å². The van der Waals surface area contributed by atoms with Gasteiger partial charge >= 0.3 is 0 Å². The molecule has 1 unspecified atom stereocenters. The Balaban J connectivity index is 2.39. The molecule has 0 bridgehead atoms. The molecular weight excluding hydrogens is 289 g/mol. The van der Waals surface area contributed by atoms with Gasteiger partial charge in [0.05, 0.1) is 12.7 Å². The summed E-state index contributed by atoms with van der Waals surface area (Å²) in [6.45, 7) is 1.70. The van der Waals surface area contributed by atoms with Gasteiger partial charge in [-0.15, -0.1) is 0 Å². The quantitative estimate of drug-likeness (QED) is 0.754. The summed E-state index contributed by atoms with van der Waals surface area (Å²) in [6, 6.07) is 4.72. The fourth-order valence-electron chi connectivity index (χ4n) is 1.47. The Hall–Kier alpha value is -0.490. The Morgan fingerprint density at radius 3 is 3.00 bits per heavy atom. The minimum absolute atomic E-state index is 0.288. The van der Waals surface area contributed by atoms with Crippen molar-refractivity contribution in [3.05, 3.63) is 34.1 Å². The van der Waals surface area contributed by atoms with Crippen LogP contribution in [0.1, 0.15) is 5.56 Å². The van der Waals surface area contributed by atoms with Gasteiger partial charge in [-0.1, -0.05) is 15.9 Å².